The Balaban J connectivity index is 3.05. The summed E-state index contributed by atoms with van der Waals surface area (Å²) in [4.78, 5) is 0. The van der Waals surface area contributed by atoms with Gasteiger partial charge in [-0.1, -0.05) is 23.2 Å². The molecule has 0 bridgehead atoms. The number of rotatable bonds is 0. The minimum Gasteiger partial charge on any atom is -0.333 e. The van der Waals surface area contributed by atoms with E-state index in [1.54, 1.807) is 10.6 Å². The van der Waals surface area contributed by atoms with Gasteiger partial charge in [0.15, 0.2) is 0 Å². The van der Waals surface area contributed by atoms with Gasteiger partial charge in [0.2, 0.25) is 0 Å². The number of nitriles is 1. The molecule has 0 fully saturated rings. The van der Waals surface area contributed by atoms with Gasteiger partial charge in [-0.25, -0.2) is 0 Å². The first-order chi connectivity index (χ1) is 7.07. The van der Waals surface area contributed by atoms with Crippen LogP contribution in [-0.2, 0) is 7.05 Å². The van der Waals surface area contributed by atoms with Gasteiger partial charge in [0.1, 0.15) is 11.2 Å². The first kappa shape index (κ1) is 10.4. The maximum Gasteiger partial charge on any atom is 0.127 e. The summed E-state index contributed by atoms with van der Waals surface area (Å²) in [6.07, 6.45) is 0. The van der Waals surface area contributed by atoms with E-state index < -0.39 is 0 Å². The van der Waals surface area contributed by atoms with Gasteiger partial charge >= 0.3 is 0 Å². The fourth-order valence-electron chi connectivity index (χ4n) is 1.79. The van der Waals surface area contributed by atoms with Crippen LogP contribution in [0.1, 0.15) is 11.1 Å². The molecule has 0 unspecified atom stereocenters. The third-order valence-corrected chi connectivity index (χ3v) is 3.43. The van der Waals surface area contributed by atoms with Crippen molar-refractivity contribution in [3.63, 3.8) is 0 Å². The Hall–Kier alpha value is -1.17. The van der Waals surface area contributed by atoms with E-state index in [-0.39, 0.29) is 0 Å². The third kappa shape index (κ3) is 1.31. The summed E-state index contributed by atoms with van der Waals surface area (Å²) < 4.78 is 1.79. The maximum atomic E-state index is 9.01. The molecule has 0 aliphatic heterocycles. The Morgan fingerprint density at radius 2 is 2.00 bits per heavy atom. The van der Waals surface area contributed by atoms with Crippen molar-refractivity contribution in [3.05, 3.63) is 33.4 Å². The highest BCUT2D eigenvalue weighted by molar-refractivity contribution is 6.34. The molecule has 15 heavy (non-hydrogen) atoms. The molecule has 0 aliphatic carbocycles. The molecule has 2 aromatic rings. The first-order valence-corrected chi connectivity index (χ1v) is 5.16. The van der Waals surface area contributed by atoms with Gasteiger partial charge in [-0.3, -0.25) is 0 Å². The van der Waals surface area contributed by atoms with Crippen molar-refractivity contribution in [2.24, 2.45) is 7.05 Å². The van der Waals surface area contributed by atoms with E-state index in [1.807, 2.05) is 20.0 Å². The van der Waals surface area contributed by atoms with E-state index in [4.69, 9.17) is 28.5 Å². The van der Waals surface area contributed by atoms with Gasteiger partial charge in [-0.2, -0.15) is 5.26 Å². The second-order valence-electron chi connectivity index (χ2n) is 3.41. The quantitative estimate of drug-likeness (QED) is 0.689. The molecule has 1 aromatic carbocycles. The van der Waals surface area contributed by atoms with Crippen LogP contribution in [0.25, 0.3) is 10.9 Å². The molecule has 0 radical (unpaired) electrons. The van der Waals surface area contributed by atoms with Crippen LogP contribution in [0.3, 0.4) is 0 Å². The predicted octanol–water partition coefficient (Wildman–Crippen LogP) is 3.67. The molecule has 0 amide bonds. The molecular formula is C11H8Cl2N2. The van der Waals surface area contributed by atoms with Crippen LogP contribution in [-0.4, -0.2) is 4.57 Å². The average molecular weight is 239 g/mol. The lowest BCUT2D eigenvalue weighted by atomic mass is 10.1. The Kier molecular flexibility index (Phi) is 2.38. The summed E-state index contributed by atoms with van der Waals surface area (Å²) in [6.45, 7) is 1.92. The minimum absolute atomic E-state index is 0.456. The number of halogens is 2. The Bertz CT molecular complexity index is 591. The van der Waals surface area contributed by atoms with Gasteiger partial charge in [0.05, 0.1) is 11.1 Å². The van der Waals surface area contributed by atoms with E-state index in [0.717, 1.165) is 16.5 Å². The van der Waals surface area contributed by atoms with Crippen LogP contribution in [0, 0.1) is 18.3 Å². The lowest BCUT2D eigenvalue weighted by Crippen LogP contribution is -1.89. The van der Waals surface area contributed by atoms with Crippen LogP contribution in [0.15, 0.2) is 12.1 Å². The van der Waals surface area contributed by atoms with Crippen LogP contribution in [0.2, 0.25) is 10.2 Å². The number of aryl methyl sites for hydroxylation is 2. The summed E-state index contributed by atoms with van der Waals surface area (Å²) in [7, 11) is 1.83. The van der Waals surface area contributed by atoms with Gasteiger partial charge in [-0.05, 0) is 24.6 Å². The monoisotopic (exact) mass is 238 g/mol. The molecule has 1 aromatic heterocycles. The standard InChI is InChI=1S/C11H8Cl2N2/c1-6-9(12)4-3-7-8(5-14)11(13)15(2)10(6)7/h3-4H,1-2H3. The lowest BCUT2D eigenvalue weighted by Gasteiger charge is -2.03. The SMILES string of the molecule is Cc1c(Cl)ccc2c(C#N)c(Cl)n(C)c12. The zero-order valence-electron chi connectivity index (χ0n) is 8.31. The van der Waals surface area contributed by atoms with Gasteiger partial charge in [-0.15, -0.1) is 0 Å². The Labute approximate surface area is 97.6 Å². The highest BCUT2D eigenvalue weighted by Gasteiger charge is 2.15. The zero-order chi connectivity index (χ0) is 11.2. The second-order valence-corrected chi connectivity index (χ2v) is 4.17. The Morgan fingerprint density at radius 3 is 2.60 bits per heavy atom. The molecule has 76 valence electrons. The minimum atomic E-state index is 0.456. The molecule has 2 nitrogen and oxygen atoms in total. The van der Waals surface area contributed by atoms with E-state index in [2.05, 4.69) is 6.07 Å². The summed E-state index contributed by atoms with van der Waals surface area (Å²) in [6, 6.07) is 5.73. The normalized spacial score (nSPS) is 10.6. The second kappa shape index (κ2) is 3.44. The molecule has 1 heterocycles. The predicted molar refractivity (Wildman–Crippen MR) is 62.4 cm³/mol. The van der Waals surface area contributed by atoms with Gasteiger partial charge in [0.25, 0.3) is 0 Å². The highest BCUT2D eigenvalue weighted by Crippen LogP contribution is 2.33. The van der Waals surface area contributed by atoms with E-state index in [0.29, 0.717) is 15.7 Å². The van der Waals surface area contributed by atoms with E-state index in [9.17, 15) is 0 Å². The molecule has 0 saturated carbocycles. The van der Waals surface area contributed by atoms with Crippen LogP contribution >= 0.6 is 23.2 Å². The van der Waals surface area contributed by atoms with Crippen LogP contribution < -0.4 is 0 Å². The Morgan fingerprint density at radius 1 is 1.33 bits per heavy atom. The van der Waals surface area contributed by atoms with Crippen molar-refractivity contribution < 1.29 is 0 Å². The van der Waals surface area contributed by atoms with E-state index in [1.165, 1.54) is 0 Å². The van der Waals surface area contributed by atoms with Crippen LogP contribution in [0.5, 0.6) is 0 Å². The molecule has 0 aliphatic rings. The van der Waals surface area contributed by atoms with E-state index >= 15 is 0 Å². The molecule has 0 atom stereocenters. The van der Waals surface area contributed by atoms with Crippen LogP contribution in [0.4, 0.5) is 0 Å². The fraction of sp³-hybridized carbons (Fsp3) is 0.182. The molecular weight excluding hydrogens is 231 g/mol. The first-order valence-electron chi connectivity index (χ1n) is 4.41. The van der Waals surface area contributed by atoms with Crippen molar-refractivity contribution in [3.8, 4) is 6.07 Å². The van der Waals surface area contributed by atoms with Crippen molar-refractivity contribution >= 4 is 34.1 Å². The zero-order valence-corrected chi connectivity index (χ0v) is 9.82. The summed E-state index contributed by atoms with van der Waals surface area (Å²) in [5, 5.41) is 11.0. The lowest BCUT2D eigenvalue weighted by molar-refractivity contribution is 0.963. The molecule has 0 N–H and O–H groups in total. The number of benzene rings is 1. The highest BCUT2D eigenvalue weighted by atomic mass is 35.5. The summed E-state index contributed by atoms with van der Waals surface area (Å²) in [5.74, 6) is 0. The smallest absolute Gasteiger partial charge is 0.127 e. The number of hydrogen-bond acceptors (Lipinski definition) is 1. The molecule has 0 saturated heterocycles. The maximum absolute atomic E-state index is 9.01. The summed E-state index contributed by atoms with van der Waals surface area (Å²) in [5.41, 5.74) is 2.37. The third-order valence-electron chi connectivity index (χ3n) is 2.58. The molecule has 0 spiro atoms. The molecule has 2 rings (SSSR count). The number of fused-ring (bicyclic) bond motifs is 1. The number of aromatic nitrogens is 1. The van der Waals surface area contributed by atoms with Crippen molar-refractivity contribution in [1.82, 2.24) is 4.57 Å². The van der Waals surface area contributed by atoms with Gasteiger partial charge in [0, 0.05) is 17.5 Å². The van der Waals surface area contributed by atoms with Gasteiger partial charge < -0.3 is 4.57 Å². The van der Waals surface area contributed by atoms with Crippen molar-refractivity contribution in [2.75, 3.05) is 0 Å². The van der Waals surface area contributed by atoms with Crippen molar-refractivity contribution in [1.29, 1.82) is 5.26 Å². The number of nitrogens with zero attached hydrogens (tertiary/aromatic N) is 2. The average Bonchev–Trinajstić information content (AvgIpc) is 2.46. The number of hydrogen-bond donors (Lipinski definition) is 0. The topological polar surface area (TPSA) is 28.7 Å². The molecule has 4 heteroatoms. The fourth-order valence-corrected chi connectivity index (χ4v) is 2.17. The summed E-state index contributed by atoms with van der Waals surface area (Å²) >= 11 is 12.1. The largest absolute Gasteiger partial charge is 0.333 e. The van der Waals surface area contributed by atoms with Crippen molar-refractivity contribution in [2.45, 2.75) is 6.92 Å².